The van der Waals surface area contributed by atoms with Crippen LogP contribution >= 0.6 is 0 Å². The number of benzene rings is 1. The molecular weight excluding hydrogens is 325 g/mol. The number of carbonyl (C=O) groups is 1. The Morgan fingerprint density at radius 3 is 2.80 bits per heavy atom. The van der Waals surface area contributed by atoms with Crippen LogP contribution in [-0.2, 0) is 0 Å². The Balaban J connectivity index is 1.52. The molecule has 0 spiro atoms. The molecule has 2 N–H and O–H groups in total. The van der Waals surface area contributed by atoms with E-state index in [2.05, 4.69) is 20.7 Å². The molecule has 2 amide bonds. The summed E-state index contributed by atoms with van der Waals surface area (Å²) in [5.74, 6) is 0.101. The maximum atomic E-state index is 13.1. The Hall–Kier alpha value is -3.68. The van der Waals surface area contributed by atoms with Crippen molar-refractivity contribution in [1.82, 2.24) is 14.6 Å². The molecule has 0 bridgehead atoms. The van der Waals surface area contributed by atoms with Gasteiger partial charge in [-0.3, -0.25) is 0 Å². The number of nitrogens with one attached hydrogen (secondary N) is 2. The number of anilines is 2. The van der Waals surface area contributed by atoms with Gasteiger partial charge in [-0.05, 0) is 36.4 Å². The number of hydrogen-bond acceptors (Lipinski definition) is 4. The summed E-state index contributed by atoms with van der Waals surface area (Å²) in [6, 6.07) is 10.4. The Morgan fingerprint density at radius 2 is 2.00 bits per heavy atom. The van der Waals surface area contributed by atoms with E-state index < -0.39 is 11.8 Å². The summed E-state index contributed by atoms with van der Waals surface area (Å²) in [7, 11) is 0. The number of fused-ring (bicyclic) bond motifs is 1. The van der Waals surface area contributed by atoms with Crippen molar-refractivity contribution < 1.29 is 13.6 Å². The zero-order valence-electron chi connectivity index (χ0n) is 12.8. The summed E-state index contributed by atoms with van der Waals surface area (Å²) in [5.41, 5.74) is 2.28. The minimum atomic E-state index is -0.486. The van der Waals surface area contributed by atoms with Gasteiger partial charge in [-0.2, -0.15) is 0 Å². The Morgan fingerprint density at radius 1 is 1.12 bits per heavy atom. The zero-order valence-corrected chi connectivity index (χ0v) is 12.8. The van der Waals surface area contributed by atoms with Crippen molar-refractivity contribution in [2.24, 2.45) is 0 Å². The molecule has 0 atom stereocenters. The maximum Gasteiger partial charge on any atom is 0.323 e. The van der Waals surface area contributed by atoms with Gasteiger partial charge in [-0.1, -0.05) is 6.07 Å². The fourth-order valence-corrected chi connectivity index (χ4v) is 2.33. The first-order valence-corrected chi connectivity index (χ1v) is 7.40. The van der Waals surface area contributed by atoms with Gasteiger partial charge in [0.15, 0.2) is 11.5 Å². The van der Waals surface area contributed by atoms with Crippen molar-refractivity contribution in [3.8, 4) is 11.4 Å². The number of amides is 2. The number of rotatable bonds is 3. The van der Waals surface area contributed by atoms with E-state index in [0.717, 1.165) is 5.56 Å². The van der Waals surface area contributed by atoms with Crippen molar-refractivity contribution in [2.45, 2.75) is 0 Å². The highest BCUT2D eigenvalue weighted by Crippen LogP contribution is 2.18. The largest absolute Gasteiger partial charge is 0.472 e. The van der Waals surface area contributed by atoms with E-state index in [9.17, 15) is 9.18 Å². The molecule has 0 fully saturated rings. The van der Waals surface area contributed by atoms with Gasteiger partial charge in [0.2, 0.25) is 0 Å². The van der Waals surface area contributed by atoms with E-state index in [1.165, 1.54) is 18.2 Å². The van der Waals surface area contributed by atoms with Crippen LogP contribution in [0.4, 0.5) is 20.6 Å². The summed E-state index contributed by atoms with van der Waals surface area (Å²) in [6.07, 6.45) is 4.74. The minimum Gasteiger partial charge on any atom is -0.472 e. The van der Waals surface area contributed by atoms with Crippen LogP contribution in [0.25, 0.3) is 17.0 Å². The van der Waals surface area contributed by atoms with Gasteiger partial charge >= 0.3 is 6.03 Å². The van der Waals surface area contributed by atoms with Crippen molar-refractivity contribution in [3.63, 3.8) is 0 Å². The van der Waals surface area contributed by atoms with Crippen molar-refractivity contribution in [2.75, 3.05) is 10.6 Å². The molecule has 0 unspecified atom stereocenters. The predicted octanol–water partition coefficient (Wildman–Crippen LogP) is 3.77. The molecule has 25 heavy (non-hydrogen) atoms. The third-order valence-electron chi connectivity index (χ3n) is 3.45. The Bertz CT molecular complexity index is 1040. The van der Waals surface area contributed by atoms with E-state index in [1.54, 1.807) is 47.5 Å². The third-order valence-corrected chi connectivity index (χ3v) is 3.45. The molecule has 124 valence electrons. The van der Waals surface area contributed by atoms with Gasteiger partial charge < -0.3 is 15.1 Å². The fourth-order valence-electron chi connectivity index (χ4n) is 2.33. The Kier molecular flexibility index (Phi) is 3.62. The number of aromatic nitrogens is 3. The lowest BCUT2D eigenvalue weighted by atomic mass is 10.3. The zero-order chi connectivity index (χ0) is 17.2. The van der Waals surface area contributed by atoms with Gasteiger partial charge in [0.25, 0.3) is 0 Å². The number of pyridine rings is 1. The fraction of sp³-hybridized carbons (Fsp3) is 0. The number of hydrogen-bond donors (Lipinski definition) is 2. The highest BCUT2D eigenvalue weighted by atomic mass is 19.1. The van der Waals surface area contributed by atoms with Gasteiger partial charge in [0, 0.05) is 5.69 Å². The first-order valence-electron chi connectivity index (χ1n) is 7.40. The van der Waals surface area contributed by atoms with Crippen LogP contribution in [0.1, 0.15) is 0 Å². The van der Waals surface area contributed by atoms with E-state index in [1.807, 2.05) is 0 Å². The second kappa shape index (κ2) is 6.08. The van der Waals surface area contributed by atoms with Crippen LogP contribution in [0.3, 0.4) is 0 Å². The van der Waals surface area contributed by atoms with Crippen LogP contribution in [0, 0.1) is 5.82 Å². The van der Waals surface area contributed by atoms with E-state index >= 15 is 0 Å². The molecule has 0 aliphatic carbocycles. The van der Waals surface area contributed by atoms with Crippen LogP contribution in [0.2, 0.25) is 0 Å². The lowest BCUT2D eigenvalue weighted by Gasteiger charge is -2.07. The summed E-state index contributed by atoms with van der Waals surface area (Å²) in [4.78, 5) is 16.4. The first-order chi connectivity index (χ1) is 12.2. The number of halogens is 1. The molecule has 0 saturated heterocycles. The van der Waals surface area contributed by atoms with Crippen molar-refractivity contribution >= 4 is 23.1 Å². The van der Waals surface area contributed by atoms with Crippen molar-refractivity contribution in [1.29, 1.82) is 0 Å². The molecule has 0 radical (unpaired) electrons. The van der Waals surface area contributed by atoms with Gasteiger partial charge in [-0.15, -0.1) is 5.10 Å². The van der Waals surface area contributed by atoms with E-state index in [4.69, 9.17) is 4.42 Å². The van der Waals surface area contributed by atoms with Gasteiger partial charge in [0.1, 0.15) is 12.1 Å². The molecule has 0 aliphatic heterocycles. The van der Waals surface area contributed by atoms with Gasteiger partial charge in [0.05, 0.1) is 23.7 Å². The predicted molar refractivity (Wildman–Crippen MR) is 89.7 cm³/mol. The summed E-state index contributed by atoms with van der Waals surface area (Å²) >= 11 is 0. The lowest BCUT2D eigenvalue weighted by Crippen LogP contribution is -2.19. The molecule has 0 aliphatic rings. The standard InChI is InChI=1S/C17H12FN5O2/c18-12-2-1-3-13(8-12)19-17(24)20-14-4-5-15-21-16(22-23(15)9-14)11-6-7-25-10-11/h1-10H,(H2,19,20,24). The molecule has 0 saturated carbocycles. The van der Waals surface area contributed by atoms with Crippen molar-refractivity contribution in [3.05, 3.63) is 67.0 Å². The molecule has 3 heterocycles. The van der Waals surface area contributed by atoms with Crippen LogP contribution < -0.4 is 10.6 Å². The average molecular weight is 337 g/mol. The van der Waals surface area contributed by atoms with Crippen LogP contribution in [0.15, 0.2) is 65.6 Å². The number of nitrogens with zero attached hydrogens (tertiary/aromatic N) is 3. The molecule has 8 heteroatoms. The molecular formula is C17H12FN5O2. The lowest BCUT2D eigenvalue weighted by molar-refractivity contribution is 0.262. The highest BCUT2D eigenvalue weighted by molar-refractivity contribution is 5.99. The smallest absolute Gasteiger partial charge is 0.323 e. The maximum absolute atomic E-state index is 13.1. The van der Waals surface area contributed by atoms with Crippen LogP contribution in [0.5, 0.6) is 0 Å². The number of carbonyl (C=O) groups excluding carboxylic acids is 1. The average Bonchev–Trinajstić information content (AvgIpc) is 3.23. The van der Waals surface area contributed by atoms with Gasteiger partial charge in [-0.25, -0.2) is 18.7 Å². The summed E-state index contributed by atoms with van der Waals surface area (Å²) in [5, 5.41) is 9.57. The topological polar surface area (TPSA) is 84.5 Å². The van der Waals surface area contributed by atoms with E-state index in [0.29, 0.717) is 22.8 Å². The van der Waals surface area contributed by atoms with E-state index in [-0.39, 0.29) is 0 Å². The number of furan rings is 1. The minimum absolute atomic E-state index is 0.363. The monoisotopic (exact) mass is 337 g/mol. The molecule has 1 aromatic carbocycles. The molecule has 7 nitrogen and oxygen atoms in total. The second-order valence-corrected chi connectivity index (χ2v) is 5.26. The normalized spacial score (nSPS) is 10.8. The third kappa shape index (κ3) is 3.18. The highest BCUT2D eigenvalue weighted by Gasteiger charge is 2.09. The Labute approximate surface area is 141 Å². The summed E-state index contributed by atoms with van der Waals surface area (Å²) in [6.45, 7) is 0. The quantitative estimate of drug-likeness (QED) is 0.596. The molecule has 4 rings (SSSR count). The molecule has 3 aromatic heterocycles. The SMILES string of the molecule is O=C(Nc1cccc(F)c1)Nc1ccc2nc(-c3ccoc3)nn2c1. The van der Waals surface area contributed by atoms with Crippen LogP contribution in [-0.4, -0.2) is 20.6 Å². The number of urea groups is 1. The first kappa shape index (κ1) is 14.9. The summed E-state index contributed by atoms with van der Waals surface area (Å²) < 4.78 is 19.7. The second-order valence-electron chi connectivity index (χ2n) is 5.26. The molecule has 4 aromatic rings.